The zero-order valence-corrected chi connectivity index (χ0v) is 59.4. The fourth-order valence-corrected chi connectivity index (χ4v) is 22.2. The number of hydrogen-bond acceptors (Lipinski definition) is 16. The summed E-state index contributed by atoms with van der Waals surface area (Å²) in [4.78, 5) is 53.4. The molecule has 102 heavy (non-hydrogen) atoms. The van der Waals surface area contributed by atoms with Gasteiger partial charge in [0.25, 0.3) is 0 Å². The van der Waals surface area contributed by atoms with Gasteiger partial charge in [-0.15, -0.1) is 22.7 Å². The number of nitriles is 4. The van der Waals surface area contributed by atoms with Crippen molar-refractivity contribution in [1.82, 2.24) is 19.9 Å². The van der Waals surface area contributed by atoms with Gasteiger partial charge in [0.15, 0.2) is 30.9 Å². The van der Waals surface area contributed by atoms with Gasteiger partial charge in [-0.2, -0.15) is 21.0 Å². The maximum Gasteiger partial charge on any atom is 0.194 e. The molecule has 0 saturated carbocycles. The van der Waals surface area contributed by atoms with Crippen LogP contribution in [-0.4, -0.2) is 31.5 Å². The summed E-state index contributed by atoms with van der Waals surface area (Å²) in [7, 11) is 0. The summed E-state index contributed by atoms with van der Waals surface area (Å²) in [6.07, 6.45) is 3.40. The minimum absolute atomic E-state index is 0.120. The predicted molar refractivity (Wildman–Crippen MR) is 413 cm³/mol. The van der Waals surface area contributed by atoms with E-state index in [2.05, 4.69) is 173 Å². The second-order valence-electron chi connectivity index (χ2n) is 26.1. The number of thiophene rings is 2. The molecule has 16 heteroatoms. The summed E-state index contributed by atoms with van der Waals surface area (Å²) in [6, 6.07) is 77.9. The van der Waals surface area contributed by atoms with Gasteiger partial charge in [-0.05, 0) is 165 Å². The van der Waals surface area contributed by atoms with Crippen molar-refractivity contribution in [2.45, 2.75) is 38.5 Å². The maximum atomic E-state index is 13.9. The number of thiazole rings is 4. The van der Waals surface area contributed by atoms with Gasteiger partial charge in [-0.25, -0.2) is 19.9 Å². The quantitative estimate of drug-likeness (QED) is 0.105. The number of Topliss-reactive ketones (excluding diaryl/α,β-unsaturated/α-hetero) is 2. The Kier molecular flexibility index (Phi) is 13.7. The van der Waals surface area contributed by atoms with Crippen LogP contribution in [0.1, 0.15) is 109 Å². The Labute approximate surface area is 608 Å². The van der Waals surface area contributed by atoms with Gasteiger partial charge in [0, 0.05) is 42.8 Å². The van der Waals surface area contributed by atoms with Gasteiger partial charge in [-0.1, -0.05) is 225 Å². The predicted octanol–water partition coefficient (Wildman–Crippen LogP) is 21.7. The first-order valence-electron chi connectivity index (χ1n) is 32.8. The molecule has 0 atom stereocenters. The number of carbonyl (C=O) groups excluding carboxylic acids is 2. The lowest BCUT2D eigenvalue weighted by atomic mass is 9.65. The molecule has 478 valence electrons. The highest BCUT2D eigenvalue weighted by Gasteiger charge is 2.53. The molecule has 6 aromatic heterocycles. The Bertz CT molecular complexity index is 6040. The normalized spacial score (nSPS) is 15.0. The Balaban J connectivity index is 0.795. The van der Waals surface area contributed by atoms with Crippen LogP contribution in [0.2, 0.25) is 0 Å². The third kappa shape index (κ3) is 8.79. The molecule has 0 bridgehead atoms. The molecule has 0 amide bonds. The molecule has 4 aliphatic carbocycles. The van der Waals surface area contributed by atoms with Crippen molar-refractivity contribution in [2.24, 2.45) is 0 Å². The van der Waals surface area contributed by atoms with Crippen molar-refractivity contribution in [3.63, 3.8) is 0 Å². The molecule has 9 aromatic carbocycles. The van der Waals surface area contributed by atoms with Crippen molar-refractivity contribution in [1.29, 1.82) is 21.0 Å². The van der Waals surface area contributed by atoms with Crippen LogP contribution >= 0.6 is 68.0 Å². The lowest BCUT2D eigenvalue weighted by Gasteiger charge is -2.36. The van der Waals surface area contributed by atoms with Crippen LogP contribution in [0.3, 0.4) is 0 Å². The number of allylic oxidation sites excluding steroid dienone is 6. The van der Waals surface area contributed by atoms with E-state index < -0.39 is 10.8 Å². The summed E-state index contributed by atoms with van der Waals surface area (Å²) in [5, 5.41) is 45.2. The molecule has 0 aliphatic heterocycles. The average molecular weight is 1420 g/mol. The number of nitrogens with zero attached hydrogens (tertiary/aromatic N) is 8. The van der Waals surface area contributed by atoms with E-state index in [1.165, 1.54) is 67.6 Å². The first kappa shape index (κ1) is 61.3. The number of benzene rings is 9. The Morgan fingerprint density at radius 1 is 0.363 bits per heavy atom. The van der Waals surface area contributed by atoms with E-state index in [1.807, 2.05) is 24.3 Å². The van der Waals surface area contributed by atoms with Crippen LogP contribution in [0.25, 0.3) is 105 Å². The van der Waals surface area contributed by atoms with Crippen molar-refractivity contribution >= 4 is 142 Å². The van der Waals surface area contributed by atoms with Crippen molar-refractivity contribution in [3.8, 4) is 66.3 Å². The van der Waals surface area contributed by atoms with E-state index in [9.17, 15) is 30.6 Å². The van der Waals surface area contributed by atoms with E-state index in [-0.39, 0.29) is 33.9 Å². The summed E-state index contributed by atoms with van der Waals surface area (Å²) in [5.74, 6) is -0.500. The molecule has 0 radical (unpaired) electrons. The van der Waals surface area contributed by atoms with E-state index in [0.29, 0.717) is 43.4 Å². The van der Waals surface area contributed by atoms with Crippen LogP contribution in [0.4, 0.5) is 0 Å². The molecule has 10 nitrogen and oxygen atoms in total. The second kappa shape index (κ2) is 22.9. The van der Waals surface area contributed by atoms with Crippen LogP contribution in [0.5, 0.6) is 0 Å². The first-order valence-corrected chi connectivity index (χ1v) is 37.7. The number of ketones is 2. The number of rotatable bonds is 8. The number of carbonyl (C=O) groups is 2. The van der Waals surface area contributed by atoms with Gasteiger partial charge in [0.2, 0.25) is 0 Å². The molecule has 0 N–H and O–H groups in total. The maximum absolute atomic E-state index is 13.9. The largest absolute Gasteiger partial charge is 0.289 e. The second-order valence-corrected chi connectivity index (χ2v) is 32.2. The monoisotopic (exact) mass is 1410 g/mol. The molecular formula is C86H46N8O2S6. The third-order valence-electron chi connectivity index (χ3n) is 20.4. The number of hydrogen-bond donors (Lipinski definition) is 0. The summed E-state index contributed by atoms with van der Waals surface area (Å²) in [5.41, 5.74) is 20.1. The molecule has 0 fully saturated rings. The molecule has 0 unspecified atom stereocenters. The van der Waals surface area contributed by atoms with Gasteiger partial charge < -0.3 is 0 Å². The standard InChI is InChI=1S/C86H46N8O2S6/c1-43-13-21-49(22-14-43)85(50-23-15-44(2)16-24-50)65-33-60-56-30-32-68-62(36-70(98-68)80-94-84-82(102-80)92-72(100-84)38-64-74(48(41-89)42-90)54-10-6-8-12-58(54)78(64)96)76(56)86(51-25-17-45(3)18-26-51,52-27-19-46(4)20-28-52)66(60)34-59(65)55-29-31-67-61(75(55)85)35-69(97-67)79-93-83-81(101-79)91-71(99-83)37-63-73(47(39-87)40-88)53-9-5-7-11-57(53)77(63)95/h5-38H,1-4H3/b63-37-,64-38-. The SMILES string of the molecule is Cc1ccc(C2(c3ccc(C)cc3)c3cc4c(cc3-c3ccc5sc(-c6nc7sc(/C=C8\C(=O)c9ccccc9C8=C(C#N)C#N)nc7s6)cc5c32)C(c2ccc(C)cc2)(c2ccc(C)cc2)c2c-4ccc3sc(-c4nc5sc(/C=C6\C(=O)c7ccccc7C6=C(C#N)C#N)nc5s4)cc23)cc1. The summed E-state index contributed by atoms with van der Waals surface area (Å²) < 4.78 is 2.25. The number of fused-ring (bicyclic) bond motifs is 14. The van der Waals surface area contributed by atoms with Crippen LogP contribution in [-0.2, 0) is 10.8 Å². The summed E-state index contributed by atoms with van der Waals surface area (Å²) in [6.45, 7) is 8.59. The highest BCUT2D eigenvalue weighted by molar-refractivity contribution is 7.32. The van der Waals surface area contributed by atoms with Crippen molar-refractivity contribution < 1.29 is 9.59 Å². The Morgan fingerprint density at radius 2 is 0.696 bits per heavy atom. The smallest absolute Gasteiger partial charge is 0.194 e. The highest BCUT2D eigenvalue weighted by Crippen LogP contribution is 2.66. The van der Waals surface area contributed by atoms with Gasteiger partial charge in [0.05, 0.1) is 20.6 Å². The van der Waals surface area contributed by atoms with E-state index in [0.717, 1.165) is 126 Å². The molecule has 0 saturated heterocycles. The molecule has 4 aliphatic rings. The van der Waals surface area contributed by atoms with E-state index in [1.54, 1.807) is 83.4 Å². The number of aromatic nitrogens is 4. The fraction of sp³-hybridized carbons (Fsp3) is 0.0698. The van der Waals surface area contributed by atoms with Crippen LogP contribution < -0.4 is 0 Å². The van der Waals surface area contributed by atoms with Crippen LogP contribution in [0.15, 0.2) is 216 Å². The number of aryl methyl sites for hydroxylation is 4. The molecule has 6 heterocycles. The average Bonchev–Trinajstić information content (AvgIpc) is 1.50. The Hall–Kier alpha value is -11.8. The Morgan fingerprint density at radius 3 is 1.03 bits per heavy atom. The molecular weight excluding hydrogens is 1370 g/mol. The molecule has 15 aromatic rings. The summed E-state index contributed by atoms with van der Waals surface area (Å²) >= 11 is 9.24. The van der Waals surface area contributed by atoms with Crippen molar-refractivity contribution in [2.75, 3.05) is 0 Å². The lowest BCUT2D eigenvalue weighted by Crippen LogP contribution is -2.30. The minimum atomic E-state index is -0.818. The van der Waals surface area contributed by atoms with Crippen molar-refractivity contribution in [3.05, 3.63) is 315 Å². The van der Waals surface area contributed by atoms with Gasteiger partial charge >= 0.3 is 0 Å². The topological polar surface area (TPSA) is 181 Å². The molecule has 0 spiro atoms. The van der Waals surface area contributed by atoms with Gasteiger partial charge in [0.1, 0.15) is 55.5 Å². The van der Waals surface area contributed by atoms with Crippen LogP contribution in [0, 0.1) is 73.0 Å². The zero-order chi connectivity index (χ0) is 69.2. The minimum Gasteiger partial charge on any atom is -0.289 e. The van der Waals surface area contributed by atoms with E-state index in [4.69, 9.17) is 19.9 Å². The van der Waals surface area contributed by atoms with E-state index >= 15 is 0 Å². The third-order valence-corrected chi connectivity index (χ3v) is 26.9. The zero-order valence-electron chi connectivity index (χ0n) is 54.5. The lowest BCUT2D eigenvalue weighted by molar-refractivity contribution is 0.103. The first-order chi connectivity index (χ1) is 49.8. The highest BCUT2D eigenvalue weighted by atomic mass is 32.1. The van der Waals surface area contributed by atoms with Gasteiger partial charge in [-0.3, -0.25) is 9.59 Å². The fourth-order valence-electron chi connectivity index (χ4n) is 16.0. The molecule has 19 rings (SSSR count).